The summed E-state index contributed by atoms with van der Waals surface area (Å²) in [5.41, 5.74) is 1.52. The van der Waals surface area contributed by atoms with Gasteiger partial charge in [0.1, 0.15) is 6.73 Å². The fourth-order valence-corrected chi connectivity index (χ4v) is 2.54. The topological polar surface area (TPSA) is 44.1 Å². The Kier molecular flexibility index (Phi) is 4.16. The molecule has 1 aromatic carbocycles. The van der Waals surface area contributed by atoms with Crippen LogP contribution in [0.3, 0.4) is 0 Å². The van der Waals surface area contributed by atoms with Crippen LogP contribution >= 0.6 is 0 Å². The zero-order valence-electron chi connectivity index (χ0n) is 11.7. The van der Waals surface area contributed by atoms with Crippen LogP contribution in [0.15, 0.2) is 35.3 Å². The van der Waals surface area contributed by atoms with E-state index in [0.717, 1.165) is 17.1 Å². The Morgan fingerprint density at radius 1 is 1.26 bits per heavy atom. The second-order valence-electron chi connectivity index (χ2n) is 5.86. The largest absolute Gasteiger partial charge is 0.361 e. The molecule has 0 aliphatic rings. The van der Waals surface area contributed by atoms with E-state index in [1.54, 1.807) is 4.57 Å². The predicted octanol–water partition coefficient (Wildman–Crippen LogP) is 2.71. The maximum absolute atomic E-state index is 11.9. The quantitative estimate of drug-likeness (QED) is 0.623. The minimum absolute atomic E-state index is 0.119. The summed E-state index contributed by atoms with van der Waals surface area (Å²) >= 11 is 0. The van der Waals surface area contributed by atoms with Crippen molar-refractivity contribution in [1.82, 2.24) is 9.55 Å². The van der Waals surface area contributed by atoms with Gasteiger partial charge in [0, 0.05) is 14.7 Å². The lowest BCUT2D eigenvalue weighted by molar-refractivity contribution is 0.0877. The molecule has 19 heavy (non-hydrogen) atoms. The summed E-state index contributed by atoms with van der Waals surface area (Å²) in [4.78, 5) is 16.0. The van der Waals surface area contributed by atoms with Gasteiger partial charge in [0.25, 0.3) is 5.56 Å². The van der Waals surface area contributed by atoms with E-state index in [1.807, 2.05) is 24.3 Å². The third-order valence-electron chi connectivity index (χ3n) is 2.97. The molecule has 0 atom stereocenters. The van der Waals surface area contributed by atoms with Gasteiger partial charge in [-0.05, 0) is 18.2 Å². The first-order chi connectivity index (χ1) is 8.97. The SMILES string of the molecule is C[Si](C)(C)CCOCn1c(=O)cnc2ccccc21. The number of rotatable bonds is 5. The molecular weight excluding hydrogens is 256 g/mol. The molecular formula is C14H20N2O2Si. The Balaban J connectivity index is 2.12. The smallest absolute Gasteiger partial charge is 0.271 e. The zero-order chi connectivity index (χ0) is 13.9. The Labute approximate surface area is 114 Å². The summed E-state index contributed by atoms with van der Waals surface area (Å²) < 4.78 is 7.29. The number of hydrogen-bond donors (Lipinski definition) is 0. The normalized spacial score (nSPS) is 11.9. The molecule has 0 aliphatic carbocycles. The van der Waals surface area contributed by atoms with Gasteiger partial charge in [-0.3, -0.25) is 9.36 Å². The fourth-order valence-electron chi connectivity index (χ4n) is 1.78. The minimum Gasteiger partial charge on any atom is -0.361 e. The van der Waals surface area contributed by atoms with Crippen molar-refractivity contribution in [3.63, 3.8) is 0 Å². The van der Waals surface area contributed by atoms with E-state index >= 15 is 0 Å². The van der Waals surface area contributed by atoms with Crippen molar-refractivity contribution in [3.05, 3.63) is 40.8 Å². The van der Waals surface area contributed by atoms with Crippen molar-refractivity contribution < 1.29 is 4.74 Å². The van der Waals surface area contributed by atoms with Gasteiger partial charge in [-0.25, -0.2) is 4.98 Å². The number of para-hydroxylation sites is 2. The molecule has 0 radical (unpaired) electrons. The number of aromatic nitrogens is 2. The van der Waals surface area contributed by atoms with Crippen LogP contribution in [0.4, 0.5) is 0 Å². The molecule has 4 nitrogen and oxygen atoms in total. The number of benzene rings is 1. The van der Waals surface area contributed by atoms with E-state index in [9.17, 15) is 4.79 Å². The highest BCUT2D eigenvalue weighted by atomic mass is 28.3. The summed E-state index contributed by atoms with van der Waals surface area (Å²) in [6, 6.07) is 8.71. The van der Waals surface area contributed by atoms with Crippen LogP contribution in [0.5, 0.6) is 0 Å². The number of fused-ring (bicyclic) bond motifs is 1. The monoisotopic (exact) mass is 276 g/mol. The fraction of sp³-hybridized carbons (Fsp3) is 0.429. The van der Waals surface area contributed by atoms with Crippen molar-refractivity contribution in [2.24, 2.45) is 0 Å². The van der Waals surface area contributed by atoms with Crippen LogP contribution < -0.4 is 5.56 Å². The third-order valence-corrected chi connectivity index (χ3v) is 4.67. The van der Waals surface area contributed by atoms with Crippen LogP contribution in [0.25, 0.3) is 11.0 Å². The van der Waals surface area contributed by atoms with Gasteiger partial charge in [0.15, 0.2) is 0 Å². The van der Waals surface area contributed by atoms with Gasteiger partial charge in [0.2, 0.25) is 0 Å². The second-order valence-corrected chi connectivity index (χ2v) is 11.5. The van der Waals surface area contributed by atoms with E-state index in [1.165, 1.54) is 6.20 Å². The average Bonchev–Trinajstić information content (AvgIpc) is 2.35. The summed E-state index contributed by atoms with van der Waals surface area (Å²) in [6.45, 7) is 7.93. The van der Waals surface area contributed by atoms with Crippen LogP contribution in [0, 0.1) is 0 Å². The van der Waals surface area contributed by atoms with Gasteiger partial charge < -0.3 is 4.74 Å². The van der Waals surface area contributed by atoms with Gasteiger partial charge in [0.05, 0.1) is 17.2 Å². The third kappa shape index (κ3) is 3.75. The number of ether oxygens (including phenoxy) is 1. The molecule has 0 fully saturated rings. The lowest BCUT2D eigenvalue weighted by atomic mass is 10.3. The van der Waals surface area contributed by atoms with Crippen LogP contribution in [-0.2, 0) is 11.5 Å². The highest BCUT2D eigenvalue weighted by molar-refractivity contribution is 6.76. The van der Waals surface area contributed by atoms with Crippen molar-refractivity contribution in [3.8, 4) is 0 Å². The molecule has 2 rings (SSSR count). The number of nitrogens with zero attached hydrogens (tertiary/aromatic N) is 2. The second kappa shape index (κ2) is 5.67. The standard InChI is InChI=1S/C14H20N2O2Si/c1-19(2,3)9-8-18-11-16-13-7-5-4-6-12(13)15-10-14(16)17/h4-7,10H,8-9,11H2,1-3H3. The lowest BCUT2D eigenvalue weighted by Crippen LogP contribution is -2.25. The van der Waals surface area contributed by atoms with Crippen molar-refractivity contribution >= 4 is 19.1 Å². The molecule has 1 heterocycles. The maximum Gasteiger partial charge on any atom is 0.271 e. The maximum atomic E-state index is 11.9. The molecule has 0 amide bonds. The van der Waals surface area contributed by atoms with Crippen molar-refractivity contribution in [1.29, 1.82) is 0 Å². The molecule has 0 saturated carbocycles. The Morgan fingerprint density at radius 2 is 2.00 bits per heavy atom. The molecule has 0 spiro atoms. The summed E-state index contributed by atoms with van der Waals surface area (Å²) in [7, 11) is -1.09. The molecule has 0 unspecified atom stereocenters. The van der Waals surface area contributed by atoms with Crippen LogP contribution in [0.1, 0.15) is 0 Å². The van der Waals surface area contributed by atoms with E-state index in [0.29, 0.717) is 13.3 Å². The predicted molar refractivity (Wildman–Crippen MR) is 80.1 cm³/mol. The number of hydrogen-bond acceptors (Lipinski definition) is 3. The first kappa shape index (κ1) is 14.0. The molecule has 0 bridgehead atoms. The molecule has 1 aromatic heterocycles. The zero-order valence-corrected chi connectivity index (χ0v) is 12.7. The Bertz CT molecular complexity index is 617. The van der Waals surface area contributed by atoms with E-state index in [-0.39, 0.29) is 5.56 Å². The van der Waals surface area contributed by atoms with Gasteiger partial charge in [-0.15, -0.1) is 0 Å². The van der Waals surface area contributed by atoms with Crippen LogP contribution in [-0.4, -0.2) is 24.2 Å². The average molecular weight is 276 g/mol. The summed E-state index contributed by atoms with van der Waals surface area (Å²) in [5, 5.41) is 0. The van der Waals surface area contributed by atoms with Crippen molar-refractivity contribution in [2.75, 3.05) is 6.61 Å². The highest BCUT2D eigenvalue weighted by Gasteiger charge is 2.12. The minimum atomic E-state index is -1.09. The summed E-state index contributed by atoms with van der Waals surface area (Å²) in [6.07, 6.45) is 1.35. The van der Waals surface area contributed by atoms with Gasteiger partial charge >= 0.3 is 0 Å². The molecule has 0 aliphatic heterocycles. The van der Waals surface area contributed by atoms with E-state index in [4.69, 9.17) is 4.74 Å². The lowest BCUT2D eigenvalue weighted by Gasteiger charge is -2.16. The van der Waals surface area contributed by atoms with Gasteiger partial charge in [-0.2, -0.15) is 0 Å². The first-order valence-electron chi connectivity index (χ1n) is 6.50. The van der Waals surface area contributed by atoms with Gasteiger partial charge in [-0.1, -0.05) is 31.8 Å². The summed E-state index contributed by atoms with van der Waals surface area (Å²) in [5.74, 6) is 0. The van der Waals surface area contributed by atoms with Crippen molar-refractivity contribution in [2.45, 2.75) is 32.4 Å². The van der Waals surface area contributed by atoms with E-state index in [2.05, 4.69) is 24.6 Å². The Hall–Kier alpha value is -1.46. The first-order valence-corrected chi connectivity index (χ1v) is 10.2. The molecule has 5 heteroatoms. The van der Waals surface area contributed by atoms with E-state index < -0.39 is 8.07 Å². The molecule has 0 saturated heterocycles. The highest BCUT2D eigenvalue weighted by Crippen LogP contribution is 2.10. The van der Waals surface area contributed by atoms with Crippen LogP contribution in [0.2, 0.25) is 25.7 Å². The Morgan fingerprint density at radius 3 is 2.74 bits per heavy atom. The molecule has 2 aromatic rings. The molecule has 0 N–H and O–H groups in total. The molecule has 102 valence electrons.